The number of nitrogens with zero attached hydrogens (tertiary/aromatic N) is 2. The summed E-state index contributed by atoms with van der Waals surface area (Å²) in [6.45, 7) is 0.248. The second-order valence-corrected chi connectivity index (χ2v) is 8.65. The highest BCUT2D eigenvalue weighted by molar-refractivity contribution is 7.21. The van der Waals surface area contributed by atoms with Gasteiger partial charge in [0.15, 0.2) is 10.8 Å². The number of para-hydroxylation sites is 2. The quantitative estimate of drug-likeness (QED) is 0.473. The van der Waals surface area contributed by atoms with Crippen molar-refractivity contribution in [2.24, 2.45) is 5.92 Å². The lowest BCUT2D eigenvalue weighted by Crippen LogP contribution is -2.31. The first-order chi connectivity index (χ1) is 15.1. The fourth-order valence-corrected chi connectivity index (χ4v) is 4.44. The van der Waals surface area contributed by atoms with Crippen molar-refractivity contribution in [1.29, 1.82) is 0 Å². The van der Waals surface area contributed by atoms with Crippen LogP contribution in [0.25, 0.3) is 21.0 Å². The molecule has 4 aromatic rings. The molecule has 6 nitrogen and oxygen atoms in total. The molecule has 7 heteroatoms. The van der Waals surface area contributed by atoms with Crippen LogP contribution in [0.4, 0.5) is 5.69 Å². The lowest BCUT2D eigenvalue weighted by Gasteiger charge is -2.20. The third kappa shape index (κ3) is 3.96. The van der Waals surface area contributed by atoms with Gasteiger partial charge in [-0.15, -0.1) is 11.3 Å². The lowest BCUT2D eigenvalue weighted by molar-refractivity contribution is -0.119. The number of benzene rings is 2. The maximum absolute atomic E-state index is 12.8. The summed E-state index contributed by atoms with van der Waals surface area (Å²) in [7, 11) is 1.73. The molecule has 2 amide bonds. The van der Waals surface area contributed by atoms with E-state index in [0.717, 1.165) is 28.1 Å². The van der Waals surface area contributed by atoms with Crippen molar-refractivity contribution in [2.45, 2.75) is 19.4 Å². The Morgan fingerprint density at radius 2 is 1.87 bits per heavy atom. The molecule has 156 valence electrons. The summed E-state index contributed by atoms with van der Waals surface area (Å²) < 4.78 is 7.01. The minimum Gasteiger partial charge on any atom is -0.457 e. The molecule has 1 aliphatic rings. The molecule has 31 heavy (non-hydrogen) atoms. The van der Waals surface area contributed by atoms with Crippen LogP contribution in [0, 0.1) is 5.92 Å². The maximum Gasteiger partial charge on any atom is 0.253 e. The maximum atomic E-state index is 12.8. The van der Waals surface area contributed by atoms with Crippen LogP contribution in [0.15, 0.2) is 65.1 Å². The van der Waals surface area contributed by atoms with Crippen molar-refractivity contribution in [3.63, 3.8) is 0 Å². The molecule has 1 saturated carbocycles. The van der Waals surface area contributed by atoms with Crippen LogP contribution in [0.1, 0.15) is 29.0 Å². The van der Waals surface area contributed by atoms with Gasteiger partial charge in [-0.05, 0) is 49.2 Å². The average molecular weight is 432 g/mol. The molecule has 0 atom stereocenters. The summed E-state index contributed by atoms with van der Waals surface area (Å²) in [5, 5.41) is 3.71. The third-order valence-corrected chi connectivity index (χ3v) is 6.41. The van der Waals surface area contributed by atoms with Crippen molar-refractivity contribution in [3.05, 3.63) is 72.0 Å². The van der Waals surface area contributed by atoms with E-state index in [2.05, 4.69) is 10.3 Å². The summed E-state index contributed by atoms with van der Waals surface area (Å²) in [5.41, 5.74) is 2.03. The van der Waals surface area contributed by atoms with Crippen LogP contribution in [0.5, 0.6) is 0 Å². The Hall–Kier alpha value is -3.45. The molecule has 0 saturated heterocycles. The van der Waals surface area contributed by atoms with Crippen LogP contribution < -0.4 is 10.2 Å². The molecular formula is C24H21N3O3S. The molecule has 2 aromatic carbocycles. The molecule has 2 aromatic heterocycles. The first kappa shape index (κ1) is 19.5. The summed E-state index contributed by atoms with van der Waals surface area (Å²) >= 11 is 1.57. The topological polar surface area (TPSA) is 75.4 Å². The van der Waals surface area contributed by atoms with Gasteiger partial charge in [-0.3, -0.25) is 9.59 Å². The monoisotopic (exact) mass is 431 g/mol. The van der Waals surface area contributed by atoms with Gasteiger partial charge in [0.1, 0.15) is 5.76 Å². The van der Waals surface area contributed by atoms with E-state index in [1.807, 2.05) is 42.5 Å². The minimum atomic E-state index is -0.246. The molecular weight excluding hydrogens is 410 g/mol. The summed E-state index contributed by atoms with van der Waals surface area (Å²) in [4.78, 5) is 31.5. The van der Waals surface area contributed by atoms with Gasteiger partial charge in [0.2, 0.25) is 5.91 Å². The number of thiazole rings is 1. The van der Waals surface area contributed by atoms with Crippen molar-refractivity contribution in [3.8, 4) is 10.8 Å². The van der Waals surface area contributed by atoms with Crippen LogP contribution in [0.3, 0.4) is 0 Å². The highest BCUT2D eigenvalue weighted by atomic mass is 32.1. The zero-order chi connectivity index (χ0) is 21.4. The van der Waals surface area contributed by atoms with E-state index in [9.17, 15) is 9.59 Å². The van der Waals surface area contributed by atoms with Crippen molar-refractivity contribution in [2.75, 3.05) is 11.9 Å². The number of nitrogens with one attached hydrogen (secondary N) is 1. The zero-order valence-corrected chi connectivity index (χ0v) is 17.8. The van der Waals surface area contributed by atoms with Gasteiger partial charge >= 0.3 is 0 Å². The fraction of sp³-hybridized carbons (Fsp3) is 0.208. The Kier molecular flexibility index (Phi) is 5.03. The molecule has 1 aliphatic carbocycles. The molecule has 0 radical (unpaired) electrons. The highest BCUT2D eigenvalue weighted by Crippen LogP contribution is 2.33. The Labute approximate surface area is 183 Å². The molecule has 1 N–H and O–H groups in total. The van der Waals surface area contributed by atoms with Gasteiger partial charge in [0, 0.05) is 13.0 Å². The number of carbonyl (C=O) groups excluding carboxylic acids is 2. The van der Waals surface area contributed by atoms with E-state index in [-0.39, 0.29) is 24.3 Å². The smallest absolute Gasteiger partial charge is 0.253 e. The summed E-state index contributed by atoms with van der Waals surface area (Å²) in [5.74, 6) is 1.23. The predicted molar refractivity (Wildman–Crippen MR) is 121 cm³/mol. The standard InChI is InChI=1S/C24H21N3O3S/c1-27(24(29)15-10-11-15)19-8-4-2-6-17(19)22(28)25-14-16-12-13-20(30-16)23-26-18-7-3-5-9-21(18)31-23/h2-9,12-13,15H,10-11,14H2,1H3,(H,25,28). The second kappa shape index (κ2) is 8.00. The Bertz CT molecular complexity index is 1240. The van der Waals surface area contributed by atoms with E-state index >= 15 is 0 Å². The van der Waals surface area contributed by atoms with Crippen molar-refractivity contribution in [1.82, 2.24) is 10.3 Å². The molecule has 0 bridgehead atoms. The van der Waals surface area contributed by atoms with E-state index in [0.29, 0.717) is 22.8 Å². The van der Waals surface area contributed by atoms with E-state index in [1.165, 1.54) is 0 Å². The SMILES string of the molecule is CN(C(=O)C1CC1)c1ccccc1C(=O)NCc1ccc(-c2nc3ccccc3s2)o1. The predicted octanol–water partition coefficient (Wildman–Crippen LogP) is 4.86. The number of furan rings is 1. The van der Waals surface area contributed by atoms with E-state index in [4.69, 9.17) is 4.42 Å². The lowest BCUT2D eigenvalue weighted by atomic mass is 10.1. The highest BCUT2D eigenvalue weighted by Gasteiger charge is 2.33. The second-order valence-electron chi connectivity index (χ2n) is 7.62. The number of aromatic nitrogens is 1. The molecule has 0 spiro atoms. The number of hydrogen-bond donors (Lipinski definition) is 1. The number of rotatable bonds is 6. The van der Waals surface area contributed by atoms with Crippen molar-refractivity contribution < 1.29 is 14.0 Å². The molecule has 0 aliphatic heterocycles. The van der Waals surface area contributed by atoms with Crippen molar-refractivity contribution >= 4 is 39.1 Å². The number of amides is 2. The van der Waals surface area contributed by atoms with Gasteiger partial charge in [-0.25, -0.2) is 4.98 Å². The average Bonchev–Trinajstić information content (AvgIpc) is 3.38. The first-order valence-corrected chi connectivity index (χ1v) is 11.0. The van der Waals surface area contributed by atoms with Gasteiger partial charge in [0.05, 0.1) is 28.0 Å². The van der Waals surface area contributed by atoms with Gasteiger partial charge in [0.25, 0.3) is 5.91 Å². The number of fused-ring (bicyclic) bond motifs is 1. The Morgan fingerprint density at radius 3 is 2.68 bits per heavy atom. The van der Waals surface area contributed by atoms with E-state index in [1.54, 1.807) is 41.5 Å². The van der Waals surface area contributed by atoms with E-state index < -0.39 is 0 Å². The zero-order valence-electron chi connectivity index (χ0n) is 17.0. The Balaban J connectivity index is 1.29. The number of anilines is 1. The van der Waals surface area contributed by atoms with Gasteiger partial charge < -0.3 is 14.6 Å². The normalized spacial score (nSPS) is 13.3. The molecule has 5 rings (SSSR count). The first-order valence-electron chi connectivity index (χ1n) is 10.2. The van der Waals surface area contributed by atoms with Gasteiger partial charge in [-0.1, -0.05) is 24.3 Å². The third-order valence-electron chi connectivity index (χ3n) is 5.36. The Morgan fingerprint density at radius 1 is 1.10 bits per heavy atom. The van der Waals surface area contributed by atoms with Crippen LogP contribution in [0.2, 0.25) is 0 Å². The molecule has 1 fully saturated rings. The number of hydrogen-bond acceptors (Lipinski definition) is 5. The largest absolute Gasteiger partial charge is 0.457 e. The number of carbonyl (C=O) groups is 2. The van der Waals surface area contributed by atoms with Crippen LogP contribution in [-0.2, 0) is 11.3 Å². The molecule has 0 unspecified atom stereocenters. The molecule has 2 heterocycles. The summed E-state index contributed by atoms with van der Waals surface area (Å²) in [6, 6.07) is 18.8. The van der Waals surface area contributed by atoms with Crippen LogP contribution >= 0.6 is 11.3 Å². The minimum absolute atomic E-state index is 0.0618. The van der Waals surface area contributed by atoms with Gasteiger partial charge in [-0.2, -0.15) is 0 Å². The van der Waals surface area contributed by atoms with Crippen LogP contribution in [-0.4, -0.2) is 23.8 Å². The summed E-state index contributed by atoms with van der Waals surface area (Å²) in [6.07, 6.45) is 1.85. The fourth-order valence-electron chi connectivity index (χ4n) is 3.51.